The molecule has 0 amide bonds. The van der Waals surface area contributed by atoms with Gasteiger partial charge in [-0.2, -0.15) is 20.5 Å². The number of rotatable bonds is 8. The van der Waals surface area contributed by atoms with Gasteiger partial charge in [-0.05, 0) is 55.0 Å². The number of azo groups is 2. The minimum Gasteiger partial charge on any atom is -0.303 e. The van der Waals surface area contributed by atoms with Crippen molar-refractivity contribution in [1.29, 1.82) is 0 Å². The molecule has 0 aliphatic carbocycles. The second kappa shape index (κ2) is 17.9. The lowest BCUT2D eigenvalue weighted by Crippen LogP contribution is -1.76. The van der Waals surface area contributed by atoms with Crippen LogP contribution in [0.1, 0.15) is 19.3 Å². The van der Waals surface area contributed by atoms with Gasteiger partial charge in [0, 0.05) is 12.8 Å². The van der Waals surface area contributed by atoms with E-state index < -0.39 is 0 Å². The number of carbonyl (C=O) groups is 2. The quantitative estimate of drug-likeness (QED) is 0.148. The number of aldehydes is 2. The average molecular weight is 465 g/mol. The van der Waals surface area contributed by atoms with Crippen molar-refractivity contribution in [3.05, 3.63) is 121 Å². The molecule has 0 unspecified atom stereocenters. The van der Waals surface area contributed by atoms with Gasteiger partial charge in [0.2, 0.25) is 0 Å². The second-order valence-corrected chi connectivity index (χ2v) is 7.01. The molecule has 6 nitrogen and oxygen atoms in total. The van der Waals surface area contributed by atoms with E-state index in [2.05, 4.69) is 20.5 Å². The van der Waals surface area contributed by atoms with Gasteiger partial charge in [0.15, 0.2) is 0 Å². The molecule has 0 aromatic heterocycles. The van der Waals surface area contributed by atoms with Crippen LogP contribution < -0.4 is 0 Å². The summed E-state index contributed by atoms with van der Waals surface area (Å²) >= 11 is 0. The molecular weight excluding hydrogens is 436 g/mol. The Balaban J connectivity index is 0.000000197. The Hall–Kier alpha value is -4.58. The molecule has 6 heteroatoms. The summed E-state index contributed by atoms with van der Waals surface area (Å²) in [4.78, 5) is 19.1. The van der Waals surface area contributed by atoms with Crippen LogP contribution in [0.4, 0.5) is 22.7 Å². The van der Waals surface area contributed by atoms with E-state index in [0.29, 0.717) is 19.3 Å². The number of nitrogens with zero attached hydrogens (tertiary/aromatic N) is 4. The summed E-state index contributed by atoms with van der Waals surface area (Å²) in [6, 6.07) is 38.8. The van der Waals surface area contributed by atoms with Gasteiger partial charge in [0.05, 0.1) is 22.7 Å². The molecule has 0 spiro atoms. The van der Waals surface area contributed by atoms with Gasteiger partial charge < -0.3 is 9.59 Å². The van der Waals surface area contributed by atoms with Crippen molar-refractivity contribution in [2.24, 2.45) is 20.5 Å². The van der Waals surface area contributed by atoms with Crippen LogP contribution in [0.2, 0.25) is 0 Å². The van der Waals surface area contributed by atoms with E-state index >= 15 is 0 Å². The van der Waals surface area contributed by atoms with Gasteiger partial charge in [-0.1, -0.05) is 72.8 Å². The van der Waals surface area contributed by atoms with Crippen LogP contribution >= 0.6 is 0 Å². The predicted molar refractivity (Wildman–Crippen MR) is 140 cm³/mol. The van der Waals surface area contributed by atoms with E-state index in [-0.39, 0.29) is 0 Å². The third-order valence-electron chi connectivity index (χ3n) is 4.23. The van der Waals surface area contributed by atoms with Crippen LogP contribution in [0.15, 0.2) is 142 Å². The molecule has 4 aromatic carbocycles. The molecule has 0 aliphatic heterocycles. The molecule has 0 aliphatic rings. The van der Waals surface area contributed by atoms with Crippen LogP contribution in [0.3, 0.4) is 0 Å². The van der Waals surface area contributed by atoms with E-state index in [1.807, 2.05) is 121 Å². The van der Waals surface area contributed by atoms with Crippen molar-refractivity contribution >= 4 is 35.3 Å². The molecule has 0 atom stereocenters. The van der Waals surface area contributed by atoms with Gasteiger partial charge in [-0.3, -0.25) is 0 Å². The van der Waals surface area contributed by atoms with Gasteiger partial charge >= 0.3 is 0 Å². The molecule has 0 N–H and O–H groups in total. The summed E-state index contributed by atoms with van der Waals surface area (Å²) in [6.45, 7) is 0. The Morgan fingerprint density at radius 2 is 0.629 bits per heavy atom. The van der Waals surface area contributed by atoms with E-state index in [0.717, 1.165) is 35.3 Å². The van der Waals surface area contributed by atoms with Crippen LogP contribution in [-0.4, -0.2) is 12.6 Å². The first-order valence-corrected chi connectivity index (χ1v) is 11.2. The standard InChI is InChI=1S/2C12H10N2.C5H8O2/c2*1-3-7-11(8-4-1)13-14-12-9-5-2-6-10-12;6-4-2-1-3-5-7/h2*1-10H;4-5H,1-3H2/b2*14-13+;. The van der Waals surface area contributed by atoms with E-state index in [9.17, 15) is 9.59 Å². The van der Waals surface area contributed by atoms with Crippen molar-refractivity contribution in [3.63, 3.8) is 0 Å². The Kier molecular flexibility index (Phi) is 13.7. The first-order valence-electron chi connectivity index (χ1n) is 11.2. The monoisotopic (exact) mass is 464 g/mol. The topological polar surface area (TPSA) is 83.6 Å². The van der Waals surface area contributed by atoms with Gasteiger partial charge in [-0.25, -0.2) is 0 Å². The lowest BCUT2D eigenvalue weighted by atomic mass is 10.3. The number of benzene rings is 4. The van der Waals surface area contributed by atoms with Crippen LogP contribution in [0.5, 0.6) is 0 Å². The zero-order chi connectivity index (χ0) is 24.8. The number of carbonyl (C=O) groups excluding carboxylic acids is 2. The van der Waals surface area contributed by atoms with Crippen LogP contribution in [0.25, 0.3) is 0 Å². The van der Waals surface area contributed by atoms with E-state index in [4.69, 9.17) is 0 Å². The Morgan fingerprint density at radius 1 is 0.400 bits per heavy atom. The second-order valence-electron chi connectivity index (χ2n) is 7.01. The fourth-order valence-electron chi connectivity index (χ4n) is 2.49. The van der Waals surface area contributed by atoms with Crippen molar-refractivity contribution in [3.8, 4) is 0 Å². The lowest BCUT2D eigenvalue weighted by Gasteiger charge is -1.91. The molecule has 0 fully saturated rings. The highest BCUT2D eigenvalue weighted by atomic mass is 16.1. The smallest absolute Gasteiger partial charge is 0.120 e. The number of hydrogen-bond acceptors (Lipinski definition) is 6. The summed E-state index contributed by atoms with van der Waals surface area (Å²) < 4.78 is 0. The maximum Gasteiger partial charge on any atom is 0.120 e. The van der Waals surface area contributed by atoms with Crippen molar-refractivity contribution in [2.45, 2.75) is 19.3 Å². The molecule has 0 heterocycles. The molecule has 0 radical (unpaired) electrons. The summed E-state index contributed by atoms with van der Waals surface area (Å²) in [5, 5.41) is 16.4. The predicted octanol–water partition coefficient (Wildman–Crippen LogP) is 8.76. The van der Waals surface area contributed by atoms with Crippen molar-refractivity contribution < 1.29 is 9.59 Å². The Bertz CT molecular complexity index is 958. The highest BCUT2D eigenvalue weighted by molar-refractivity contribution is 5.53. The first kappa shape index (κ1) is 26.7. The number of unbranched alkanes of at least 4 members (excludes halogenated alkanes) is 2. The highest BCUT2D eigenvalue weighted by Crippen LogP contribution is 2.17. The molecular formula is C29H28N4O2. The SMILES string of the molecule is O=CCCCC=O.c1ccc(/N=N/c2ccccc2)cc1.c1ccc(/N=N/c2ccccc2)cc1. The van der Waals surface area contributed by atoms with Crippen molar-refractivity contribution in [2.75, 3.05) is 0 Å². The molecule has 176 valence electrons. The largest absolute Gasteiger partial charge is 0.303 e. The minimum absolute atomic E-state index is 0.513. The first-order chi connectivity index (χ1) is 17.3. The van der Waals surface area contributed by atoms with Crippen LogP contribution in [0, 0.1) is 0 Å². The Labute approximate surface area is 206 Å². The van der Waals surface area contributed by atoms with Crippen LogP contribution in [-0.2, 0) is 9.59 Å². The molecule has 0 saturated carbocycles. The normalized spacial score (nSPS) is 10.1. The fraction of sp³-hybridized carbons (Fsp3) is 0.103. The van der Waals surface area contributed by atoms with Gasteiger partial charge in [0.25, 0.3) is 0 Å². The maximum atomic E-state index is 9.56. The van der Waals surface area contributed by atoms with Crippen molar-refractivity contribution in [1.82, 2.24) is 0 Å². The summed E-state index contributed by atoms with van der Waals surface area (Å²) in [7, 11) is 0. The highest BCUT2D eigenvalue weighted by Gasteiger charge is 1.88. The molecule has 4 rings (SSSR count). The summed E-state index contributed by atoms with van der Waals surface area (Å²) in [5.74, 6) is 0. The van der Waals surface area contributed by atoms with E-state index in [1.165, 1.54) is 0 Å². The fourth-order valence-corrected chi connectivity index (χ4v) is 2.49. The average Bonchev–Trinajstić information content (AvgIpc) is 2.94. The maximum absolute atomic E-state index is 9.56. The zero-order valence-corrected chi connectivity index (χ0v) is 19.4. The molecule has 0 saturated heterocycles. The third-order valence-corrected chi connectivity index (χ3v) is 4.23. The Morgan fingerprint density at radius 3 is 0.829 bits per heavy atom. The zero-order valence-electron chi connectivity index (χ0n) is 19.4. The molecule has 35 heavy (non-hydrogen) atoms. The number of hydrogen-bond donors (Lipinski definition) is 0. The summed E-state index contributed by atoms with van der Waals surface area (Å²) in [6.07, 6.45) is 3.37. The minimum atomic E-state index is 0.513. The van der Waals surface area contributed by atoms with E-state index in [1.54, 1.807) is 0 Å². The third kappa shape index (κ3) is 12.9. The molecule has 0 bridgehead atoms. The lowest BCUT2D eigenvalue weighted by molar-refractivity contribution is -0.108. The summed E-state index contributed by atoms with van der Waals surface area (Å²) in [5.41, 5.74) is 3.49. The van der Waals surface area contributed by atoms with Gasteiger partial charge in [-0.15, -0.1) is 0 Å². The van der Waals surface area contributed by atoms with Gasteiger partial charge in [0.1, 0.15) is 12.6 Å². The molecule has 4 aromatic rings.